The first-order valence-electron chi connectivity index (χ1n) is 7.33. The molecule has 1 unspecified atom stereocenters. The van der Waals surface area contributed by atoms with Gasteiger partial charge in [-0.25, -0.2) is 0 Å². The van der Waals surface area contributed by atoms with Crippen LogP contribution in [0.25, 0.3) is 0 Å². The van der Waals surface area contributed by atoms with Gasteiger partial charge in [-0.15, -0.1) is 0 Å². The molecule has 2 heterocycles. The van der Waals surface area contributed by atoms with Crippen molar-refractivity contribution < 1.29 is 9.84 Å². The van der Waals surface area contributed by atoms with E-state index in [0.29, 0.717) is 5.92 Å². The second kappa shape index (κ2) is 3.97. The Balaban J connectivity index is 1.34. The molecule has 4 rings (SSSR count). The Morgan fingerprint density at radius 2 is 2.16 bits per heavy atom. The van der Waals surface area contributed by atoms with Crippen LogP contribution in [0, 0.1) is 12.8 Å². The fourth-order valence-corrected chi connectivity index (χ4v) is 3.58. The molecule has 3 heteroatoms. The number of ether oxygens (including phenoxy) is 1. The molecule has 3 aliphatic rings. The average Bonchev–Trinajstić information content (AvgIpc) is 3.09. The van der Waals surface area contributed by atoms with Crippen LogP contribution in [0.2, 0.25) is 0 Å². The van der Waals surface area contributed by atoms with Crippen LogP contribution < -0.4 is 4.74 Å². The predicted octanol–water partition coefficient (Wildman–Crippen LogP) is 1.76. The summed E-state index contributed by atoms with van der Waals surface area (Å²) in [6, 6.07) is 6.42. The molecule has 0 amide bonds. The maximum absolute atomic E-state index is 10.3. The van der Waals surface area contributed by atoms with Gasteiger partial charge in [-0.3, -0.25) is 4.90 Å². The van der Waals surface area contributed by atoms with Crippen molar-refractivity contribution in [3.8, 4) is 5.75 Å². The molecule has 102 valence electrons. The first-order valence-corrected chi connectivity index (χ1v) is 7.33. The highest BCUT2D eigenvalue weighted by Crippen LogP contribution is 2.44. The normalized spacial score (nSPS) is 28.6. The fraction of sp³-hybridized carbons (Fsp3) is 0.625. The van der Waals surface area contributed by atoms with Gasteiger partial charge in [0.2, 0.25) is 0 Å². The van der Waals surface area contributed by atoms with Gasteiger partial charge in [-0.05, 0) is 37.3 Å². The standard InChI is InChI=1S/C16H21NO2/c1-11-2-5-15-12(6-11)7-14(19-15)8-17-9-16(18,10-17)13-3-4-13/h2,5-6,13-14,18H,3-4,7-10H2,1H3. The van der Waals surface area contributed by atoms with Gasteiger partial charge in [0, 0.05) is 26.1 Å². The van der Waals surface area contributed by atoms with Gasteiger partial charge in [-0.1, -0.05) is 17.7 Å². The van der Waals surface area contributed by atoms with Crippen molar-refractivity contribution in [1.82, 2.24) is 4.90 Å². The van der Waals surface area contributed by atoms with E-state index in [1.54, 1.807) is 0 Å². The Labute approximate surface area is 114 Å². The Bertz CT molecular complexity index is 503. The molecule has 1 atom stereocenters. The molecule has 1 N–H and O–H groups in total. The molecule has 0 aromatic heterocycles. The second-order valence-corrected chi connectivity index (χ2v) is 6.60. The highest BCUT2D eigenvalue weighted by molar-refractivity contribution is 5.40. The lowest BCUT2D eigenvalue weighted by atomic mass is 9.88. The summed E-state index contributed by atoms with van der Waals surface area (Å²) in [6.45, 7) is 4.75. The number of fused-ring (bicyclic) bond motifs is 1. The lowest BCUT2D eigenvalue weighted by Gasteiger charge is -2.47. The van der Waals surface area contributed by atoms with Crippen LogP contribution in [-0.2, 0) is 6.42 Å². The number of rotatable bonds is 3. The number of likely N-dealkylation sites (tertiary alicyclic amines) is 1. The zero-order valence-electron chi connectivity index (χ0n) is 11.4. The number of benzene rings is 1. The Hall–Kier alpha value is -1.06. The van der Waals surface area contributed by atoms with E-state index in [-0.39, 0.29) is 11.7 Å². The SMILES string of the molecule is Cc1ccc2c(c1)CC(CN1CC(O)(C3CC3)C1)O2. The third kappa shape index (κ3) is 2.05. The van der Waals surface area contributed by atoms with Crippen molar-refractivity contribution in [2.75, 3.05) is 19.6 Å². The molecule has 2 aliphatic heterocycles. The molecule has 1 saturated heterocycles. The molecule has 1 aliphatic carbocycles. The number of hydrogen-bond donors (Lipinski definition) is 1. The van der Waals surface area contributed by atoms with E-state index >= 15 is 0 Å². The summed E-state index contributed by atoms with van der Waals surface area (Å²) in [5.74, 6) is 1.63. The van der Waals surface area contributed by atoms with Crippen LogP contribution in [0.15, 0.2) is 18.2 Å². The van der Waals surface area contributed by atoms with Crippen molar-refractivity contribution in [2.24, 2.45) is 5.92 Å². The smallest absolute Gasteiger partial charge is 0.123 e. The summed E-state index contributed by atoms with van der Waals surface area (Å²) in [5, 5.41) is 10.3. The van der Waals surface area contributed by atoms with Crippen molar-refractivity contribution in [3.05, 3.63) is 29.3 Å². The summed E-state index contributed by atoms with van der Waals surface area (Å²) in [7, 11) is 0. The maximum atomic E-state index is 10.3. The Morgan fingerprint density at radius 3 is 2.89 bits per heavy atom. The minimum Gasteiger partial charge on any atom is -0.488 e. The van der Waals surface area contributed by atoms with E-state index in [9.17, 15) is 5.11 Å². The van der Waals surface area contributed by atoms with E-state index in [1.807, 2.05) is 0 Å². The Morgan fingerprint density at radius 1 is 1.37 bits per heavy atom. The molecular formula is C16H21NO2. The van der Waals surface area contributed by atoms with Gasteiger partial charge in [0.05, 0.1) is 5.60 Å². The van der Waals surface area contributed by atoms with Crippen LogP contribution in [-0.4, -0.2) is 41.3 Å². The molecule has 1 aromatic rings. The van der Waals surface area contributed by atoms with Gasteiger partial charge >= 0.3 is 0 Å². The van der Waals surface area contributed by atoms with Crippen LogP contribution in [0.4, 0.5) is 0 Å². The zero-order chi connectivity index (χ0) is 13.0. The zero-order valence-corrected chi connectivity index (χ0v) is 11.4. The summed E-state index contributed by atoms with van der Waals surface area (Å²) in [5.41, 5.74) is 2.26. The van der Waals surface area contributed by atoms with Gasteiger partial charge in [0.25, 0.3) is 0 Å². The van der Waals surface area contributed by atoms with Gasteiger partial charge in [-0.2, -0.15) is 0 Å². The van der Waals surface area contributed by atoms with Crippen molar-refractivity contribution >= 4 is 0 Å². The molecule has 0 bridgehead atoms. The molecule has 0 radical (unpaired) electrons. The van der Waals surface area contributed by atoms with Crippen LogP contribution in [0.1, 0.15) is 24.0 Å². The topological polar surface area (TPSA) is 32.7 Å². The van der Waals surface area contributed by atoms with Crippen molar-refractivity contribution in [2.45, 2.75) is 37.9 Å². The monoisotopic (exact) mass is 259 g/mol. The van der Waals surface area contributed by atoms with Gasteiger partial charge in [0.15, 0.2) is 0 Å². The predicted molar refractivity (Wildman–Crippen MR) is 73.4 cm³/mol. The van der Waals surface area contributed by atoms with E-state index in [0.717, 1.165) is 31.8 Å². The maximum Gasteiger partial charge on any atom is 0.123 e. The van der Waals surface area contributed by atoms with E-state index in [1.165, 1.54) is 24.0 Å². The minimum absolute atomic E-state index is 0.264. The molecule has 19 heavy (non-hydrogen) atoms. The van der Waals surface area contributed by atoms with E-state index < -0.39 is 0 Å². The average molecular weight is 259 g/mol. The summed E-state index contributed by atoms with van der Waals surface area (Å²) in [6.07, 6.45) is 3.71. The first-order chi connectivity index (χ1) is 9.12. The molecule has 1 aromatic carbocycles. The molecule has 1 saturated carbocycles. The number of nitrogens with zero attached hydrogens (tertiary/aromatic N) is 1. The summed E-state index contributed by atoms with van der Waals surface area (Å²) < 4.78 is 5.99. The van der Waals surface area contributed by atoms with Crippen molar-refractivity contribution in [1.29, 1.82) is 0 Å². The summed E-state index contributed by atoms with van der Waals surface area (Å²) >= 11 is 0. The summed E-state index contributed by atoms with van der Waals surface area (Å²) in [4.78, 5) is 2.34. The fourth-order valence-electron chi connectivity index (χ4n) is 3.58. The second-order valence-electron chi connectivity index (χ2n) is 6.60. The van der Waals surface area contributed by atoms with E-state index in [4.69, 9.17) is 4.74 Å². The number of hydrogen-bond acceptors (Lipinski definition) is 3. The minimum atomic E-state index is -0.373. The lowest BCUT2D eigenvalue weighted by Crippen LogP contribution is -2.64. The number of aryl methyl sites for hydroxylation is 1. The van der Waals surface area contributed by atoms with Gasteiger partial charge < -0.3 is 9.84 Å². The highest BCUT2D eigenvalue weighted by Gasteiger charge is 2.52. The first kappa shape index (κ1) is 11.7. The molecular weight excluding hydrogens is 238 g/mol. The molecule has 3 nitrogen and oxygen atoms in total. The van der Waals surface area contributed by atoms with Crippen LogP contribution >= 0.6 is 0 Å². The quantitative estimate of drug-likeness (QED) is 0.897. The van der Waals surface area contributed by atoms with Crippen LogP contribution in [0.3, 0.4) is 0 Å². The third-order valence-corrected chi connectivity index (χ3v) is 4.75. The molecule has 0 spiro atoms. The van der Waals surface area contributed by atoms with Crippen molar-refractivity contribution in [3.63, 3.8) is 0 Å². The number of aliphatic hydroxyl groups is 1. The number of β-amino-alcohol motifs (C(OH)–C–C–N with tert-alkyl or cyclic N) is 1. The van der Waals surface area contributed by atoms with E-state index in [2.05, 4.69) is 30.0 Å². The Kier molecular flexibility index (Phi) is 2.45. The van der Waals surface area contributed by atoms with Gasteiger partial charge in [0.1, 0.15) is 11.9 Å². The van der Waals surface area contributed by atoms with Crippen LogP contribution in [0.5, 0.6) is 5.75 Å². The highest BCUT2D eigenvalue weighted by atomic mass is 16.5. The lowest BCUT2D eigenvalue weighted by molar-refractivity contribution is -0.119. The largest absolute Gasteiger partial charge is 0.488 e. The third-order valence-electron chi connectivity index (χ3n) is 4.75. The molecule has 2 fully saturated rings.